The van der Waals surface area contributed by atoms with Gasteiger partial charge in [0.05, 0.1) is 0 Å². The molecule has 0 unspecified atom stereocenters. The number of aliphatic hydroxyl groups excluding tert-OH is 1. The Hall–Kier alpha value is 0.137. The van der Waals surface area contributed by atoms with Crippen molar-refractivity contribution < 1.29 is 9.53 Å². The van der Waals surface area contributed by atoms with Crippen molar-refractivity contribution in [1.82, 2.24) is 0 Å². The van der Waals surface area contributed by atoms with Crippen molar-refractivity contribution in [2.45, 2.75) is 71.7 Å². The van der Waals surface area contributed by atoms with Crippen LogP contribution in [0.4, 0.5) is 0 Å². The van der Waals surface area contributed by atoms with E-state index in [0.29, 0.717) is 12.0 Å². The van der Waals surface area contributed by atoms with Gasteiger partial charge in [0.25, 0.3) is 0 Å². The Morgan fingerprint density at radius 3 is 2.00 bits per heavy atom. The van der Waals surface area contributed by atoms with E-state index in [4.69, 9.17) is 9.53 Å². The molecule has 98 valence electrons. The highest BCUT2D eigenvalue weighted by Gasteiger charge is 2.38. The molecule has 2 nitrogen and oxygen atoms in total. The summed E-state index contributed by atoms with van der Waals surface area (Å²) in [4.78, 5) is 0. The zero-order chi connectivity index (χ0) is 13.0. The topological polar surface area (TPSA) is 29.5 Å². The lowest BCUT2D eigenvalue weighted by Gasteiger charge is -2.38. The smallest absolute Gasteiger partial charge is 0.192 e. The average molecular weight is 246 g/mol. The molecule has 0 fully saturated rings. The zero-order valence-electron chi connectivity index (χ0n) is 12.1. The second-order valence-electron chi connectivity index (χ2n) is 6.55. The molecular weight excluding hydrogens is 216 g/mol. The fourth-order valence-corrected chi connectivity index (χ4v) is 2.83. The molecule has 0 bridgehead atoms. The van der Waals surface area contributed by atoms with Gasteiger partial charge in [0.1, 0.15) is 0 Å². The largest absolute Gasteiger partial charge is 0.414 e. The Kier molecular flexibility index (Phi) is 6.23. The van der Waals surface area contributed by atoms with Gasteiger partial charge < -0.3 is 9.53 Å². The highest BCUT2D eigenvalue weighted by atomic mass is 28.4. The van der Waals surface area contributed by atoms with Crippen LogP contribution in [0.2, 0.25) is 18.1 Å². The molecule has 2 atom stereocenters. The molecule has 0 radical (unpaired) electrons. The van der Waals surface area contributed by atoms with Crippen molar-refractivity contribution in [2.24, 2.45) is 5.92 Å². The first kappa shape index (κ1) is 16.1. The van der Waals surface area contributed by atoms with E-state index in [2.05, 4.69) is 47.7 Å². The Balaban J connectivity index is 4.09. The van der Waals surface area contributed by atoms with E-state index in [9.17, 15) is 0 Å². The third-order valence-corrected chi connectivity index (χ3v) is 8.28. The van der Waals surface area contributed by atoms with Crippen LogP contribution in [0, 0.1) is 5.92 Å². The van der Waals surface area contributed by atoms with Gasteiger partial charge in [-0.3, -0.25) is 0 Å². The molecule has 0 aliphatic heterocycles. The Morgan fingerprint density at radius 2 is 1.62 bits per heavy atom. The van der Waals surface area contributed by atoms with Gasteiger partial charge in [-0.1, -0.05) is 27.7 Å². The van der Waals surface area contributed by atoms with Crippen LogP contribution in [0.25, 0.3) is 0 Å². The summed E-state index contributed by atoms with van der Waals surface area (Å²) in [5.41, 5.74) is 0. The summed E-state index contributed by atoms with van der Waals surface area (Å²) in [7, 11) is -1.61. The molecule has 0 heterocycles. The average Bonchev–Trinajstić information content (AvgIpc) is 2.11. The van der Waals surface area contributed by atoms with Crippen molar-refractivity contribution in [3.63, 3.8) is 0 Å². The summed E-state index contributed by atoms with van der Waals surface area (Å²) in [6, 6.07) is 0. The van der Waals surface area contributed by atoms with Gasteiger partial charge in [0, 0.05) is 12.7 Å². The van der Waals surface area contributed by atoms with E-state index < -0.39 is 8.32 Å². The molecule has 0 spiro atoms. The minimum Gasteiger partial charge on any atom is -0.414 e. The first-order chi connectivity index (χ1) is 7.10. The third kappa shape index (κ3) is 5.46. The van der Waals surface area contributed by atoms with Gasteiger partial charge in [-0.15, -0.1) is 0 Å². The summed E-state index contributed by atoms with van der Waals surface area (Å²) in [6.45, 7) is 15.9. The molecule has 0 amide bonds. The molecule has 0 aromatic rings. The Labute approximate surface area is 103 Å². The molecule has 0 aromatic carbocycles. The monoisotopic (exact) mass is 246 g/mol. The highest BCUT2D eigenvalue weighted by Crippen LogP contribution is 2.37. The number of rotatable bonds is 6. The molecule has 16 heavy (non-hydrogen) atoms. The van der Waals surface area contributed by atoms with Crippen LogP contribution in [-0.4, -0.2) is 26.1 Å². The SMILES string of the molecule is C[C@H](CO)CC[C@@H](C)O[Si](C)(C)C(C)(C)C. The van der Waals surface area contributed by atoms with E-state index >= 15 is 0 Å². The summed E-state index contributed by atoms with van der Waals surface area (Å²) < 4.78 is 6.25. The van der Waals surface area contributed by atoms with Crippen LogP contribution in [0.3, 0.4) is 0 Å². The van der Waals surface area contributed by atoms with Crippen LogP contribution in [0.15, 0.2) is 0 Å². The molecule has 3 heteroatoms. The van der Waals surface area contributed by atoms with Crippen LogP contribution in [0.1, 0.15) is 47.5 Å². The van der Waals surface area contributed by atoms with Crippen LogP contribution < -0.4 is 0 Å². The summed E-state index contributed by atoms with van der Waals surface area (Å²) in [6.07, 6.45) is 2.41. The second kappa shape index (κ2) is 6.17. The summed E-state index contributed by atoms with van der Waals surface area (Å²) >= 11 is 0. The van der Waals surface area contributed by atoms with E-state index in [1.54, 1.807) is 0 Å². The number of aliphatic hydroxyl groups is 1. The maximum absolute atomic E-state index is 8.98. The lowest BCUT2D eigenvalue weighted by Crippen LogP contribution is -2.43. The molecule has 0 aromatic heterocycles. The van der Waals surface area contributed by atoms with Gasteiger partial charge in [-0.25, -0.2) is 0 Å². The van der Waals surface area contributed by atoms with Crippen molar-refractivity contribution in [2.75, 3.05) is 6.61 Å². The quantitative estimate of drug-likeness (QED) is 0.722. The molecule has 1 N–H and O–H groups in total. The molecule has 0 saturated carbocycles. The summed E-state index contributed by atoms with van der Waals surface area (Å²) in [5, 5.41) is 9.26. The third-order valence-electron chi connectivity index (χ3n) is 3.68. The minimum atomic E-state index is -1.61. The van der Waals surface area contributed by atoms with Gasteiger partial charge in [0.15, 0.2) is 8.32 Å². The zero-order valence-corrected chi connectivity index (χ0v) is 13.1. The van der Waals surface area contributed by atoms with Gasteiger partial charge in [-0.2, -0.15) is 0 Å². The van der Waals surface area contributed by atoms with Crippen molar-refractivity contribution >= 4 is 8.32 Å². The first-order valence-corrected chi connectivity index (χ1v) is 9.29. The normalized spacial score (nSPS) is 17.2. The fourth-order valence-electron chi connectivity index (χ4n) is 1.35. The van der Waals surface area contributed by atoms with E-state index in [-0.39, 0.29) is 11.6 Å². The van der Waals surface area contributed by atoms with E-state index in [0.717, 1.165) is 12.8 Å². The lowest BCUT2D eigenvalue weighted by molar-refractivity contribution is 0.164. The maximum Gasteiger partial charge on any atom is 0.192 e. The maximum atomic E-state index is 8.98. The van der Waals surface area contributed by atoms with E-state index in [1.807, 2.05) is 0 Å². The van der Waals surface area contributed by atoms with Crippen LogP contribution in [0.5, 0.6) is 0 Å². The lowest BCUT2D eigenvalue weighted by atomic mass is 10.0. The van der Waals surface area contributed by atoms with Gasteiger partial charge in [0.2, 0.25) is 0 Å². The standard InChI is InChI=1S/C13H30O2Si/c1-11(10-14)8-9-12(2)15-16(6,7)13(3,4)5/h11-12,14H,8-10H2,1-7H3/t11-,12+/m0/s1. The number of hydrogen-bond donors (Lipinski definition) is 1. The molecule has 0 aliphatic carbocycles. The van der Waals surface area contributed by atoms with Crippen LogP contribution in [-0.2, 0) is 4.43 Å². The minimum absolute atomic E-state index is 0.282. The predicted octanol–water partition coefficient (Wildman–Crippen LogP) is 3.81. The molecule has 0 saturated heterocycles. The van der Waals surface area contributed by atoms with Crippen molar-refractivity contribution in [3.8, 4) is 0 Å². The van der Waals surface area contributed by atoms with Gasteiger partial charge in [-0.05, 0) is 43.8 Å². The van der Waals surface area contributed by atoms with Gasteiger partial charge >= 0.3 is 0 Å². The van der Waals surface area contributed by atoms with Crippen molar-refractivity contribution in [3.05, 3.63) is 0 Å². The molecule has 0 rings (SSSR count). The Bertz CT molecular complexity index is 197. The van der Waals surface area contributed by atoms with Crippen molar-refractivity contribution in [1.29, 1.82) is 0 Å². The predicted molar refractivity (Wildman–Crippen MR) is 73.2 cm³/mol. The molecule has 0 aliphatic rings. The Morgan fingerprint density at radius 1 is 1.12 bits per heavy atom. The second-order valence-corrected chi connectivity index (χ2v) is 11.3. The number of hydrogen-bond acceptors (Lipinski definition) is 2. The summed E-state index contributed by atoms with van der Waals surface area (Å²) in [5.74, 6) is 0.394. The highest BCUT2D eigenvalue weighted by molar-refractivity contribution is 6.74. The fraction of sp³-hybridized carbons (Fsp3) is 1.00. The molecular formula is C13H30O2Si. The first-order valence-electron chi connectivity index (χ1n) is 6.39. The van der Waals surface area contributed by atoms with E-state index in [1.165, 1.54) is 0 Å². The van der Waals surface area contributed by atoms with Crippen LogP contribution >= 0.6 is 0 Å².